The molecule has 1 aromatic heterocycles. The smallest absolute Gasteiger partial charge is 0.311 e. The van der Waals surface area contributed by atoms with Crippen LogP contribution in [-0.4, -0.2) is 33.3 Å². The van der Waals surface area contributed by atoms with Crippen molar-refractivity contribution >= 4 is 17.7 Å². The standard InChI is InChI=1S/C11H16N4O3/c1-6-7(8(12)16)9(15(2)14-6)13-5-11(3-4-11)10(17)18/h13H,3-5H2,1-2H3,(H2,12,16)(H,17,18). The third-order valence-corrected chi connectivity index (χ3v) is 3.37. The van der Waals surface area contributed by atoms with Gasteiger partial charge >= 0.3 is 5.97 Å². The molecule has 0 aromatic carbocycles. The Morgan fingerprint density at radius 3 is 2.61 bits per heavy atom. The molecule has 0 radical (unpaired) electrons. The molecule has 98 valence electrons. The molecule has 1 saturated carbocycles. The predicted octanol–water partition coefficient (Wildman–Crippen LogP) is 0.104. The highest BCUT2D eigenvalue weighted by molar-refractivity contribution is 5.99. The van der Waals surface area contributed by atoms with E-state index in [9.17, 15) is 9.59 Å². The lowest BCUT2D eigenvalue weighted by Gasteiger charge is -2.13. The fourth-order valence-electron chi connectivity index (χ4n) is 2.03. The lowest BCUT2D eigenvalue weighted by atomic mass is 10.1. The molecular weight excluding hydrogens is 236 g/mol. The van der Waals surface area contributed by atoms with Crippen LogP contribution < -0.4 is 11.1 Å². The second-order valence-electron chi connectivity index (χ2n) is 4.74. The summed E-state index contributed by atoms with van der Waals surface area (Å²) in [4.78, 5) is 22.4. The summed E-state index contributed by atoms with van der Waals surface area (Å²) in [6.07, 6.45) is 1.30. The Morgan fingerprint density at radius 1 is 1.56 bits per heavy atom. The van der Waals surface area contributed by atoms with E-state index in [-0.39, 0.29) is 6.54 Å². The molecule has 4 N–H and O–H groups in total. The van der Waals surface area contributed by atoms with Crippen molar-refractivity contribution in [3.63, 3.8) is 0 Å². The summed E-state index contributed by atoms with van der Waals surface area (Å²) in [6, 6.07) is 0. The monoisotopic (exact) mass is 252 g/mol. The van der Waals surface area contributed by atoms with Gasteiger partial charge in [0.1, 0.15) is 11.4 Å². The van der Waals surface area contributed by atoms with E-state index in [4.69, 9.17) is 10.8 Å². The highest BCUT2D eigenvalue weighted by Crippen LogP contribution is 2.45. The van der Waals surface area contributed by atoms with Gasteiger partial charge in [-0.25, -0.2) is 0 Å². The number of carbonyl (C=O) groups is 2. The molecule has 18 heavy (non-hydrogen) atoms. The zero-order valence-corrected chi connectivity index (χ0v) is 10.4. The van der Waals surface area contributed by atoms with E-state index in [1.807, 2.05) is 0 Å². The maximum Gasteiger partial charge on any atom is 0.311 e. The summed E-state index contributed by atoms with van der Waals surface area (Å²) >= 11 is 0. The molecule has 1 amide bonds. The maximum absolute atomic E-state index is 11.3. The zero-order valence-electron chi connectivity index (χ0n) is 10.4. The van der Waals surface area contributed by atoms with Gasteiger partial charge in [-0.1, -0.05) is 0 Å². The minimum Gasteiger partial charge on any atom is -0.481 e. The number of anilines is 1. The van der Waals surface area contributed by atoms with E-state index in [0.717, 1.165) is 0 Å². The van der Waals surface area contributed by atoms with Gasteiger partial charge in [-0.3, -0.25) is 14.3 Å². The second kappa shape index (κ2) is 4.01. The minimum atomic E-state index is -0.811. The van der Waals surface area contributed by atoms with Crippen molar-refractivity contribution in [1.82, 2.24) is 9.78 Å². The summed E-state index contributed by atoms with van der Waals surface area (Å²) < 4.78 is 1.51. The van der Waals surface area contributed by atoms with Gasteiger partial charge in [0.15, 0.2) is 0 Å². The third-order valence-electron chi connectivity index (χ3n) is 3.37. The van der Waals surface area contributed by atoms with Gasteiger partial charge in [0.05, 0.1) is 11.1 Å². The first kappa shape index (κ1) is 12.4. The maximum atomic E-state index is 11.3. The minimum absolute atomic E-state index is 0.279. The summed E-state index contributed by atoms with van der Waals surface area (Å²) in [5.41, 5.74) is 5.45. The van der Waals surface area contributed by atoms with Crippen LogP contribution >= 0.6 is 0 Å². The average molecular weight is 252 g/mol. The van der Waals surface area contributed by atoms with E-state index >= 15 is 0 Å². The van der Waals surface area contributed by atoms with Crippen molar-refractivity contribution in [3.05, 3.63) is 11.3 Å². The van der Waals surface area contributed by atoms with E-state index in [2.05, 4.69) is 10.4 Å². The summed E-state index contributed by atoms with van der Waals surface area (Å²) in [5.74, 6) is -0.898. The van der Waals surface area contributed by atoms with E-state index in [1.54, 1.807) is 14.0 Å². The van der Waals surface area contributed by atoms with E-state index < -0.39 is 17.3 Å². The lowest BCUT2D eigenvalue weighted by Crippen LogP contribution is -2.26. The van der Waals surface area contributed by atoms with Gasteiger partial charge in [-0.15, -0.1) is 0 Å². The highest BCUT2D eigenvalue weighted by Gasteiger charge is 2.50. The van der Waals surface area contributed by atoms with Crippen LogP contribution in [-0.2, 0) is 11.8 Å². The molecule has 1 aliphatic carbocycles. The van der Waals surface area contributed by atoms with Crippen molar-refractivity contribution in [1.29, 1.82) is 0 Å². The first-order chi connectivity index (χ1) is 8.37. The number of aromatic nitrogens is 2. The molecule has 1 aromatic rings. The Balaban J connectivity index is 2.20. The lowest BCUT2D eigenvalue weighted by molar-refractivity contribution is -0.142. The molecule has 2 rings (SSSR count). The van der Waals surface area contributed by atoms with Crippen LogP contribution in [0.3, 0.4) is 0 Å². The number of carbonyl (C=O) groups excluding carboxylic acids is 1. The fraction of sp³-hybridized carbons (Fsp3) is 0.545. The predicted molar refractivity (Wildman–Crippen MR) is 64.3 cm³/mol. The van der Waals surface area contributed by atoms with Gasteiger partial charge in [-0.2, -0.15) is 5.10 Å². The van der Waals surface area contributed by atoms with Crippen LogP contribution in [0.15, 0.2) is 0 Å². The SMILES string of the molecule is Cc1nn(C)c(NCC2(C(=O)O)CC2)c1C(N)=O. The molecule has 0 unspecified atom stereocenters. The third kappa shape index (κ3) is 1.92. The largest absolute Gasteiger partial charge is 0.481 e. The Kier molecular flexibility index (Phi) is 2.76. The Morgan fingerprint density at radius 2 is 2.17 bits per heavy atom. The van der Waals surface area contributed by atoms with Crippen molar-refractivity contribution in [2.45, 2.75) is 19.8 Å². The van der Waals surface area contributed by atoms with Crippen LogP contribution in [0.5, 0.6) is 0 Å². The van der Waals surface area contributed by atoms with Crippen molar-refractivity contribution < 1.29 is 14.7 Å². The first-order valence-electron chi connectivity index (χ1n) is 5.68. The first-order valence-corrected chi connectivity index (χ1v) is 5.68. The van der Waals surface area contributed by atoms with Gasteiger partial charge in [0.2, 0.25) is 0 Å². The summed E-state index contributed by atoms with van der Waals surface area (Å²) in [6.45, 7) is 1.97. The number of carboxylic acid groups (broad SMARTS) is 1. The van der Waals surface area contributed by atoms with Gasteiger partial charge < -0.3 is 16.2 Å². The average Bonchev–Trinajstić information content (AvgIpc) is 2.98. The summed E-state index contributed by atoms with van der Waals surface area (Å²) in [7, 11) is 1.68. The Bertz CT molecular complexity index is 517. The number of rotatable bonds is 5. The number of hydrogen-bond acceptors (Lipinski definition) is 4. The molecule has 7 nitrogen and oxygen atoms in total. The van der Waals surface area contributed by atoms with E-state index in [0.29, 0.717) is 29.9 Å². The molecule has 0 atom stereocenters. The fourth-order valence-corrected chi connectivity index (χ4v) is 2.03. The van der Waals surface area contributed by atoms with Gasteiger partial charge in [0, 0.05) is 13.6 Å². The molecule has 7 heteroatoms. The van der Waals surface area contributed by atoms with Crippen LogP contribution in [0.25, 0.3) is 0 Å². The highest BCUT2D eigenvalue weighted by atomic mass is 16.4. The number of primary amides is 1. The molecular formula is C11H16N4O3. The Hall–Kier alpha value is -2.05. The topological polar surface area (TPSA) is 110 Å². The molecule has 0 saturated heterocycles. The van der Waals surface area contributed by atoms with Crippen LogP contribution in [0.2, 0.25) is 0 Å². The number of nitrogens with one attached hydrogen (secondary N) is 1. The number of nitrogens with zero attached hydrogens (tertiary/aromatic N) is 2. The second-order valence-corrected chi connectivity index (χ2v) is 4.74. The van der Waals surface area contributed by atoms with Crippen LogP contribution in [0.4, 0.5) is 5.82 Å². The van der Waals surface area contributed by atoms with E-state index in [1.165, 1.54) is 4.68 Å². The number of carboxylic acids is 1. The van der Waals surface area contributed by atoms with Crippen molar-refractivity contribution in [3.8, 4) is 0 Å². The Labute approximate surface area is 104 Å². The molecule has 1 heterocycles. The number of amides is 1. The van der Waals surface area contributed by atoms with Crippen LogP contribution in [0, 0.1) is 12.3 Å². The quantitative estimate of drug-likeness (QED) is 0.688. The number of nitrogens with two attached hydrogens (primary N) is 1. The summed E-state index contributed by atoms with van der Waals surface area (Å²) in [5, 5.41) is 16.2. The number of hydrogen-bond donors (Lipinski definition) is 3. The van der Waals surface area contributed by atoms with Gasteiger partial charge in [0.25, 0.3) is 5.91 Å². The molecule has 1 fully saturated rings. The van der Waals surface area contributed by atoms with Crippen molar-refractivity contribution in [2.75, 3.05) is 11.9 Å². The molecule has 0 aliphatic heterocycles. The molecule has 0 bridgehead atoms. The zero-order chi connectivity index (χ0) is 13.5. The molecule has 1 aliphatic rings. The normalized spacial score (nSPS) is 16.3. The number of aliphatic carboxylic acids is 1. The molecule has 0 spiro atoms. The van der Waals surface area contributed by atoms with Gasteiger partial charge in [-0.05, 0) is 19.8 Å². The number of aryl methyl sites for hydroxylation is 2. The van der Waals surface area contributed by atoms with Crippen LogP contribution in [0.1, 0.15) is 28.9 Å². The van der Waals surface area contributed by atoms with Crippen molar-refractivity contribution in [2.24, 2.45) is 18.2 Å².